The molecule has 1 unspecified atom stereocenters. The fourth-order valence-corrected chi connectivity index (χ4v) is 4.82. The van der Waals surface area contributed by atoms with Gasteiger partial charge in [-0.25, -0.2) is 0 Å². The molecule has 0 radical (unpaired) electrons. The molecule has 2 amide bonds. The smallest absolute Gasteiger partial charge is 0.260 e. The maximum absolute atomic E-state index is 13.2. The summed E-state index contributed by atoms with van der Waals surface area (Å²) in [5.41, 5.74) is 4.63. The lowest BCUT2D eigenvalue weighted by Gasteiger charge is -2.38. The van der Waals surface area contributed by atoms with Crippen LogP contribution in [0, 0.1) is 12.8 Å². The topological polar surface area (TPSA) is 53.1 Å². The van der Waals surface area contributed by atoms with Crippen molar-refractivity contribution >= 4 is 11.8 Å². The van der Waals surface area contributed by atoms with Crippen LogP contribution in [0.15, 0.2) is 42.5 Å². The van der Waals surface area contributed by atoms with Crippen molar-refractivity contribution in [3.8, 4) is 5.75 Å². The number of piperazine rings is 1. The van der Waals surface area contributed by atoms with Crippen LogP contribution in [-0.4, -0.2) is 72.9 Å². The molecule has 2 aliphatic rings. The summed E-state index contributed by atoms with van der Waals surface area (Å²) in [5.74, 6) is 1.19. The lowest BCUT2D eigenvalue weighted by Crippen LogP contribution is -2.48. The minimum Gasteiger partial charge on any atom is -0.484 e. The summed E-state index contributed by atoms with van der Waals surface area (Å²) in [6.45, 7) is 10.2. The van der Waals surface area contributed by atoms with Crippen LogP contribution >= 0.6 is 0 Å². The number of hydrogen-bond acceptors (Lipinski definition) is 4. The Morgan fingerprint density at radius 1 is 0.971 bits per heavy atom. The third-order valence-corrected chi connectivity index (χ3v) is 6.86. The van der Waals surface area contributed by atoms with Gasteiger partial charge in [0.1, 0.15) is 5.75 Å². The first-order chi connectivity index (χ1) is 16.3. The number of ether oxygens (including phenoxy) is 1. The van der Waals surface area contributed by atoms with E-state index in [1.165, 1.54) is 11.1 Å². The van der Waals surface area contributed by atoms with E-state index < -0.39 is 0 Å². The van der Waals surface area contributed by atoms with Gasteiger partial charge < -0.3 is 19.4 Å². The van der Waals surface area contributed by atoms with Crippen LogP contribution in [0.3, 0.4) is 0 Å². The molecule has 0 aliphatic carbocycles. The molecule has 0 saturated carbocycles. The second-order valence-corrected chi connectivity index (χ2v) is 10.1. The van der Waals surface area contributed by atoms with Gasteiger partial charge >= 0.3 is 0 Å². The third-order valence-electron chi connectivity index (χ3n) is 6.86. The van der Waals surface area contributed by atoms with Crippen LogP contribution in [-0.2, 0) is 16.0 Å². The molecule has 6 heteroatoms. The number of nitrogens with zero attached hydrogens (tertiary/aromatic N) is 3. The van der Waals surface area contributed by atoms with Crippen LogP contribution in [0.2, 0.25) is 0 Å². The molecule has 2 aromatic rings. The summed E-state index contributed by atoms with van der Waals surface area (Å²) in [6.07, 6.45) is 1.36. The molecule has 1 fully saturated rings. The first kappa shape index (κ1) is 24.3. The van der Waals surface area contributed by atoms with Gasteiger partial charge in [-0.1, -0.05) is 49.7 Å². The molecule has 1 atom stereocenters. The molecule has 0 spiro atoms. The Kier molecular flexibility index (Phi) is 7.57. The Morgan fingerprint density at radius 2 is 1.68 bits per heavy atom. The average molecular weight is 464 g/mol. The van der Waals surface area contributed by atoms with Crippen molar-refractivity contribution in [1.29, 1.82) is 0 Å². The van der Waals surface area contributed by atoms with Gasteiger partial charge in [-0.05, 0) is 55.1 Å². The highest BCUT2D eigenvalue weighted by Crippen LogP contribution is 2.38. The molecule has 0 aromatic heterocycles. The zero-order valence-electron chi connectivity index (χ0n) is 20.9. The van der Waals surface area contributed by atoms with Crippen molar-refractivity contribution in [2.75, 3.05) is 46.4 Å². The van der Waals surface area contributed by atoms with Gasteiger partial charge in [0.2, 0.25) is 5.91 Å². The molecule has 34 heavy (non-hydrogen) atoms. The molecule has 2 aromatic carbocycles. The fraction of sp³-hybridized carbons (Fsp3) is 0.500. The molecular formula is C28H37N3O3. The van der Waals surface area contributed by atoms with E-state index in [1.54, 1.807) is 0 Å². The maximum Gasteiger partial charge on any atom is 0.260 e. The highest BCUT2D eigenvalue weighted by Gasteiger charge is 2.32. The minimum absolute atomic E-state index is 0.0228. The monoisotopic (exact) mass is 463 g/mol. The van der Waals surface area contributed by atoms with E-state index in [9.17, 15) is 9.59 Å². The predicted molar refractivity (Wildman–Crippen MR) is 134 cm³/mol. The molecule has 0 N–H and O–H groups in total. The van der Waals surface area contributed by atoms with Gasteiger partial charge in [0.05, 0.1) is 6.04 Å². The Morgan fingerprint density at radius 3 is 2.35 bits per heavy atom. The van der Waals surface area contributed by atoms with Gasteiger partial charge in [-0.2, -0.15) is 0 Å². The number of carbonyl (C=O) groups is 2. The van der Waals surface area contributed by atoms with Crippen LogP contribution in [0.5, 0.6) is 5.75 Å². The van der Waals surface area contributed by atoms with Gasteiger partial charge in [-0.15, -0.1) is 0 Å². The minimum atomic E-state index is -0.146. The van der Waals surface area contributed by atoms with Crippen molar-refractivity contribution < 1.29 is 14.3 Å². The summed E-state index contributed by atoms with van der Waals surface area (Å²) in [7, 11) is 2.07. The zero-order valence-corrected chi connectivity index (χ0v) is 20.9. The van der Waals surface area contributed by atoms with E-state index in [4.69, 9.17) is 4.74 Å². The van der Waals surface area contributed by atoms with Crippen molar-refractivity contribution in [3.05, 3.63) is 64.7 Å². The normalized spacial score (nSPS) is 18.7. The van der Waals surface area contributed by atoms with Gasteiger partial charge in [0.15, 0.2) is 6.61 Å². The zero-order chi connectivity index (χ0) is 24.2. The molecule has 6 nitrogen and oxygen atoms in total. The van der Waals surface area contributed by atoms with Gasteiger partial charge in [0, 0.05) is 39.1 Å². The quantitative estimate of drug-likeness (QED) is 0.656. The first-order valence-corrected chi connectivity index (χ1v) is 12.4. The standard InChI is InChI=1S/C28H37N3O3/c1-20(2)17-26(32)31-12-11-22-9-10-24(34-19-27(33)30-15-13-29(4)14-16-30)18-25(22)28(31)23-7-5-21(3)6-8-23/h5-10,18,20,28H,11-17,19H2,1-4H3. The van der Waals surface area contributed by atoms with E-state index in [0.717, 1.165) is 43.7 Å². The molecular weight excluding hydrogens is 426 g/mol. The van der Waals surface area contributed by atoms with E-state index >= 15 is 0 Å². The second kappa shape index (κ2) is 10.6. The Bertz CT molecular complexity index is 1010. The molecule has 1 saturated heterocycles. The van der Waals surface area contributed by atoms with E-state index in [1.807, 2.05) is 21.9 Å². The van der Waals surface area contributed by atoms with Gasteiger partial charge in [-0.3, -0.25) is 9.59 Å². The highest BCUT2D eigenvalue weighted by atomic mass is 16.5. The van der Waals surface area contributed by atoms with Crippen LogP contribution in [0.1, 0.15) is 48.6 Å². The molecule has 0 bridgehead atoms. The van der Waals surface area contributed by atoms with Crippen LogP contribution in [0.25, 0.3) is 0 Å². The molecule has 182 valence electrons. The van der Waals surface area contributed by atoms with Crippen molar-refractivity contribution in [3.63, 3.8) is 0 Å². The second-order valence-electron chi connectivity index (χ2n) is 10.1. The number of likely N-dealkylation sites (N-methyl/N-ethyl adjacent to an activating group) is 1. The largest absolute Gasteiger partial charge is 0.484 e. The SMILES string of the molecule is Cc1ccc(C2c3cc(OCC(=O)N4CCN(C)CC4)ccc3CCN2C(=O)CC(C)C)cc1. The summed E-state index contributed by atoms with van der Waals surface area (Å²) >= 11 is 0. The number of carbonyl (C=O) groups excluding carboxylic acids is 2. The van der Waals surface area contributed by atoms with E-state index in [0.29, 0.717) is 24.6 Å². The lowest BCUT2D eigenvalue weighted by atomic mass is 9.87. The van der Waals surface area contributed by atoms with Crippen molar-refractivity contribution in [2.45, 2.75) is 39.7 Å². The Balaban J connectivity index is 1.57. The van der Waals surface area contributed by atoms with Crippen molar-refractivity contribution in [1.82, 2.24) is 14.7 Å². The number of benzene rings is 2. The maximum atomic E-state index is 13.2. The average Bonchev–Trinajstić information content (AvgIpc) is 2.82. The van der Waals surface area contributed by atoms with E-state index in [-0.39, 0.29) is 24.5 Å². The summed E-state index contributed by atoms with van der Waals surface area (Å²) in [5, 5.41) is 0. The molecule has 2 aliphatic heterocycles. The van der Waals surface area contributed by atoms with Gasteiger partial charge in [0.25, 0.3) is 5.91 Å². The van der Waals surface area contributed by atoms with Crippen molar-refractivity contribution in [2.24, 2.45) is 5.92 Å². The van der Waals surface area contributed by atoms with E-state index in [2.05, 4.69) is 63.1 Å². The summed E-state index contributed by atoms with van der Waals surface area (Å²) < 4.78 is 5.97. The number of fused-ring (bicyclic) bond motifs is 1. The predicted octanol–water partition coefficient (Wildman–Crippen LogP) is 3.67. The van der Waals surface area contributed by atoms with Crippen LogP contribution < -0.4 is 4.74 Å². The number of aryl methyl sites for hydroxylation is 1. The number of hydrogen-bond donors (Lipinski definition) is 0. The number of rotatable bonds is 6. The fourth-order valence-electron chi connectivity index (χ4n) is 4.82. The lowest BCUT2D eigenvalue weighted by molar-refractivity contribution is -0.135. The highest BCUT2D eigenvalue weighted by molar-refractivity contribution is 5.78. The number of amides is 2. The first-order valence-electron chi connectivity index (χ1n) is 12.4. The molecule has 4 rings (SSSR count). The summed E-state index contributed by atoms with van der Waals surface area (Å²) in [4.78, 5) is 32.0. The molecule has 2 heterocycles. The third kappa shape index (κ3) is 5.61. The van der Waals surface area contributed by atoms with Crippen LogP contribution in [0.4, 0.5) is 0 Å². The Labute approximate surface area is 203 Å². The summed E-state index contributed by atoms with van der Waals surface area (Å²) in [6, 6.07) is 14.4. The Hall–Kier alpha value is -2.86.